The Morgan fingerprint density at radius 2 is 1.83 bits per heavy atom. The zero-order valence-corrected chi connectivity index (χ0v) is 20.2. The van der Waals surface area contributed by atoms with Crippen LogP contribution in [-0.2, 0) is 16.0 Å². The smallest absolute Gasteiger partial charge is 0.407 e. The number of benzene rings is 1. The number of hydrogen-bond donors (Lipinski definition) is 2. The lowest BCUT2D eigenvalue weighted by atomic mass is 10.0. The van der Waals surface area contributed by atoms with Crippen molar-refractivity contribution in [1.29, 1.82) is 0 Å². The van der Waals surface area contributed by atoms with Crippen LogP contribution in [0.25, 0.3) is 11.1 Å². The second-order valence-electron chi connectivity index (χ2n) is 8.75. The minimum atomic E-state index is -1.05. The Morgan fingerprint density at radius 3 is 2.46 bits per heavy atom. The fraction of sp³-hybridized carbons (Fsp3) is 0.280. The number of hydrogen-bond acceptors (Lipinski definition) is 6. The average molecular weight is 502 g/mol. The van der Waals surface area contributed by atoms with E-state index in [2.05, 4.69) is 15.3 Å². The number of aliphatic carboxylic acids is 1. The highest BCUT2D eigenvalue weighted by atomic mass is 35.5. The van der Waals surface area contributed by atoms with Crippen LogP contribution < -0.4 is 10.1 Å². The Labute approximate surface area is 207 Å². The van der Waals surface area contributed by atoms with E-state index < -0.39 is 29.5 Å². The molecule has 8 nitrogen and oxygen atoms in total. The monoisotopic (exact) mass is 501 g/mol. The molecule has 2 aromatic heterocycles. The van der Waals surface area contributed by atoms with Crippen LogP contribution in [0.15, 0.2) is 54.9 Å². The lowest BCUT2D eigenvalue weighted by Gasteiger charge is -2.23. The summed E-state index contributed by atoms with van der Waals surface area (Å²) in [5.74, 6) is -1.52. The van der Waals surface area contributed by atoms with E-state index >= 15 is 0 Å². The molecule has 35 heavy (non-hydrogen) atoms. The average Bonchev–Trinajstić information content (AvgIpc) is 2.74. The molecule has 0 aliphatic rings. The summed E-state index contributed by atoms with van der Waals surface area (Å²) < 4.78 is 24.6. The number of ether oxygens (including phenoxy) is 2. The van der Waals surface area contributed by atoms with Gasteiger partial charge in [-0.05, 0) is 62.2 Å². The Bertz CT molecular complexity index is 1200. The molecule has 3 rings (SSSR count). The molecule has 0 radical (unpaired) electrons. The summed E-state index contributed by atoms with van der Waals surface area (Å²) in [6.07, 6.45) is 2.12. The Hall–Kier alpha value is -3.72. The van der Waals surface area contributed by atoms with Crippen LogP contribution in [0.1, 0.15) is 32.9 Å². The topological polar surface area (TPSA) is 111 Å². The van der Waals surface area contributed by atoms with Crippen LogP contribution in [-0.4, -0.2) is 38.8 Å². The van der Waals surface area contributed by atoms with Crippen molar-refractivity contribution in [2.45, 2.75) is 45.3 Å². The van der Waals surface area contributed by atoms with E-state index in [-0.39, 0.29) is 23.7 Å². The van der Waals surface area contributed by atoms with Gasteiger partial charge in [-0.15, -0.1) is 0 Å². The number of aromatic nitrogens is 2. The summed E-state index contributed by atoms with van der Waals surface area (Å²) in [7, 11) is 0. The largest absolute Gasteiger partial charge is 0.481 e. The lowest BCUT2D eigenvalue weighted by molar-refractivity contribution is -0.137. The SMILES string of the molecule is CC(C)(C)OC(=O)NC(CC(=O)O)Cc1cc(-c2ccc(Oc3ncc(Cl)cc3F)cc2)ccn1. The molecule has 184 valence electrons. The fourth-order valence-electron chi connectivity index (χ4n) is 3.19. The van der Waals surface area contributed by atoms with Gasteiger partial charge in [-0.3, -0.25) is 9.78 Å². The molecule has 0 fully saturated rings. The van der Waals surface area contributed by atoms with Crippen molar-refractivity contribution in [3.05, 3.63) is 71.4 Å². The zero-order valence-electron chi connectivity index (χ0n) is 19.4. The van der Waals surface area contributed by atoms with Gasteiger partial charge in [0.15, 0.2) is 5.82 Å². The number of amides is 1. The molecule has 1 atom stereocenters. The van der Waals surface area contributed by atoms with E-state index in [0.717, 1.165) is 17.2 Å². The molecule has 3 aromatic rings. The Balaban J connectivity index is 1.72. The number of carboxylic acids is 1. The number of alkyl carbamates (subject to hydrolysis) is 1. The number of carboxylic acid groups (broad SMARTS) is 1. The lowest BCUT2D eigenvalue weighted by Crippen LogP contribution is -2.41. The van der Waals surface area contributed by atoms with E-state index in [1.165, 1.54) is 6.20 Å². The highest BCUT2D eigenvalue weighted by Gasteiger charge is 2.22. The number of nitrogens with one attached hydrogen (secondary N) is 1. The van der Waals surface area contributed by atoms with E-state index in [1.54, 1.807) is 57.3 Å². The van der Waals surface area contributed by atoms with Crippen molar-refractivity contribution in [1.82, 2.24) is 15.3 Å². The first kappa shape index (κ1) is 25.9. The van der Waals surface area contributed by atoms with Crippen molar-refractivity contribution in [3.8, 4) is 22.8 Å². The first-order valence-electron chi connectivity index (χ1n) is 10.7. The maximum absolute atomic E-state index is 13.9. The van der Waals surface area contributed by atoms with Gasteiger partial charge in [0.2, 0.25) is 0 Å². The molecule has 1 amide bonds. The van der Waals surface area contributed by atoms with Gasteiger partial charge < -0.3 is 19.9 Å². The number of pyridine rings is 2. The predicted molar refractivity (Wildman–Crippen MR) is 128 cm³/mol. The zero-order chi connectivity index (χ0) is 25.6. The molecule has 10 heteroatoms. The van der Waals surface area contributed by atoms with Gasteiger partial charge in [-0.25, -0.2) is 14.2 Å². The highest BCUT2D eigenvalue weighted by molar-refractivity contribution is 6.30. The van der Waals surface area contributed by atoms with E-state index in [9.17, 15) is 19.1 Å². The van der Waals surface area contributed by atoms with Gasteiger partial charge in [-0.2, -0.15) is 0 Å². The summed E-state index contributed by atoms with van der Waals surface area (Å²) in [5, 5.41) is 12.0. The molecule has 0 bridgehead atoms. The normalized spacial score (nSPS) is 12.0. The van der Waals surface area contributed by atoms with Gasteiger partial charge in [0.25, 0.3) is 5.88 Å². The molecule has 0 aliphatic heterocycles. The molecule has 2 N–H and O–H groups in total. The molecule has 1 aromatic carbocycles. The standard InChI is InChI=1S/C25H25ClFN3O5/c1-25(2,3)35-24(33)30-19(13-22(31)32)12-18-10-16(8-9-28-18)15-4-6-20(7-5-15)34-23-21(27)11-17(26)14-29-23/h4-11,14,19H,12-13H2,1-3H3,(H,30,33)(H,31,32). The third kappa shape index (κ3) is 8.22. The van der Waals surface area contributed by atoms with Gasteiger partial charge in [-0.1, -0.05) is 23.7 Å². The molecular formula is C25H25ClFN3O5. The molecular weight excluding hydrogens is 477 g/mol. The number of carbonyl (C=O) groups is 2. The second-order valence-corrected chi connectivity index (χ2v) is 9.18. The van der Waals surface area contributed by atoms with Gasteiger partial charge in [0.1, 0.15) is 11.4 Å². The molecule has 0 saturated heterocycles. The van der Waals surface area contributed by atoms with Crippen LogP contribution >= 0.6 is 11.6 Å². The highest BCUT2D eigenvalue weighted by Crippen LogP contribution is 2.27. The number of nitrogens with zero attached hydrogens (tertiary/aromatic N) is 2. The number of halogens is 2. The van der Waals surface area contributed by atoms with E-state index in [1.807, 2.05) is 6.07 Å². The van der Waals surface area contributed by atoms with Crippen molar-refractivity contribution in [2.75, 3.05) is 0 Å². The van der Waals surface area contributed by atoms with Crippen molar-refractivity contribution >= 4 is 23.7 Å². The first-order chi connectivity index (χ1) is 16.5. The van der Waals surface area contributed by atoms with Crippen LogP contribution in [0.3, 0.4) is 0 Å². The second kappa shape index (κ2) is 11.1. The first-order valence-corrected chi connectivity index (χ1v) is 11.1. The summed E-state index contributed by atoms with van der Waals surface area (Å²) in [6.45, 7) is 5.17. The van der Waals surface area contributed by atoms with E-state index in [4.69, 9.17) is 21.1 Å². The van der Waals surface area contributed by atoms with Crippen molar-refractivity contribution < 1.29 is 28.6 Å². The molecule has 2 heterocycles. The minimum absolute atomic E-state index is 0.172. The molecule has 1 unspecified atom stereocenters. The Morgan fingerprint density at radius 1 is 1.11 bits per heavy atom. The number of carbonyl (C=O) groups excluding carboxylic acids is 1. The summed E-state index contributed by atoms with van der Waals surface area (Å²) >= 11 is 5.71. The molecule has 0 aliphatic carbocycles. The van der Waals surface area contributed by atoms with Crippen molar-refractivity contribution in [2.24, 2.45) is 0 Å². The Kier molecular flexibility index (Phi) is 8.24. The fourth-order valence-corrected chi connectivity index (χ4v) is 3.33. The van der Waals surface area contributed by atoms with Crippen LogP contribution in [0.5, 0.6) is 11.6 Å². The van der Waals surface area contributed by atoms with Gasteiger partial charge in [0.05, 0.1) is 11.4 Å². The third-order valence-electron chi connectivity index (χ3n) is 4.59. The quantitative estimate of drug-likeness (QED) is 0.411. The van der Waals surface area contributed by atoms with Gasteiger partial charge in [0, 0.05) is 30.6 Å². The minimum Gasteiger partial charge on any atom is -0.481 e. The molecule has 0 saturated carbocycles. The van der Waals surface area contributed by atoms with Crippen LogP contribution in [0, 0.1) is 5.82 Å². The summed E-state index contributed by atoms with van der Waals surface area (Å²) in [4.78, 5) is 31.6. The maximum atomic E-state index is 13.9. The van der Waals surface area contributed by atoms with E-state index in [0.29, 0.717) is 11.4 Å². The third-order valence-corrected chi connectivity index (χ3v) is 4.80. The predicted octanol–water partition coefficient (Wildman–Crippen LogP) is 5.64. The summed E-state index contributed by atoms with van der Waals surface area (Å²) in [5.41, 5.74) is 1.54. The summed E-state index contributed by atoms with van der Waals surface area (Å²) in [6, 6.07) is 10.9. The molecule has 0 spiro atoms. The van der Waals surface area contributed by atoms with Crippen LogP contribution in [0.4, 0.5) is 9.18 Å². The van der Waals surface area contributed by atoms with Gasteiger partial charge >= 0.3 is 12.1 Å². The number of rotatable bonds is 8. The maximum Gasteiger partial charge on any atom is 0.407 e. The van der Waals surface area contributed by atoms with Crippen LogP contribution in [0.2, 0.25) is 5.02 Å². The van der Waals surface area contributed by atoms with Crippen molar-refractivity contribution in [3.63, 3.8) is 0 Å².